The lowest BCUT2D eigenvalue weighted by molar-refractivity contribution is -0.123. The molecule has 182 valence electrons. The Labute approximate surface area is 205 Å². The van der Waals surface area contributed by atoms with Crippen LogP contribution in [0.2, 0.25) is 0 Å². The van der Waals surface area contributed by atoms with Gasteiger partial charge in [0.2, 0.25) is 12.0 Å². The van der Waals surface area contributed by atoms with Crippen LogP contribution in [0, 0.1) is 0 Å². The van der Waals surface area contributed by atoms with E-state index in [0.29, 0.717) is 35.5 Å². The Kier molecular flexibility index (Phi) is 9.01. The molecule has 0 saturated carbocycles. The minimum Gasteiger partial charge on any atom is -0.476 e. The zero-order chi connectivity index (χ0) is 25.2. The van der Waals surface area contributed by atoms with Crippen LogP contribution in [0.4, 0.5) is 11.4 Å². The quantitative estimate of drug-likeness (QED) is 0.399. The smallest absolute Gasteiger partial charge is 0.337 e. The zero-order valence-corrected chi connectivity index (χ0v) is 20.2. The standard InChI is InChI=1S/C28H30N2O5/c1-4-18-30(25(31)5-2)23-16-14-22(15-17-23)29-27(32)26(20-10-7-6-8-11-20)35-24-13-9-12-21(19-24)28(33)34-3/h6-17,19,26H,4-5,18H2,1-3H3,(H,29,32). The molecule has 2 amide bonds. The molecule has 1 atom stereocenters. The molecular weight excluding hydrogens is 444 g/mol. The van der Waals surface area contributed by atoms with Gasteiger partial charge in [0, 0.05) is 29.9 Å². The normalized spacial score (nSPS) is 11.3. The Morgan fingerprint density at radius 3 is 2.26 bits per heavy atom. The van der Waals surface area contributed by atoms with Gasteiger partial charge in [0.05, 0.1) is 12.7 Å². The highest BCUT2D eigenvalue weighted by Crippen LogP contribution is 2.26. The second-order valence-electron chi connectivity index (χ2n) is 7.86. The van der Waals surface area contributed by atoms with Crippen molar-refractivity contribution >= 4 is 29.2 Å². The van der Waals surface area contributed by atoms with Crippen LogP contribution in [0.25, 0.3) is 0 Å². The number of hydrogen-bond acceptors (Lipinski definition) is 5. The van der Waals surface area contributed by atoms with Gasteiger partial charge < -0.3 is 19.7 Å². The number of nitrogens with one attached hydrogen (secondary N) is 1. The third kappa shape index (κ3) is 6.69. The van der Waals surface area contributed by atoms with Crippen LogP contribution in [0.5, 0.6) is 5.75 Å². The number of nitrogens with zero attached hydrogens (tertiary/aromatic N) is 1. The molecule has 0 fully saturated rings. The van der Waals surface area contributed by atoms with E-state index in [-0.39, 0.29) is 11.8 Å². The summed E-state index contributed by atoms with van der Waals surface area (Å²) in [6.45, 7) is 4.49. The monoisotopic (exact) mass is 474 g/mol. The molecule has 7 nitrogen and oxygen atoms in total. The fourth-order valence-corrected chi connectivity index (χ4v) is 3.60. The van der Waals surface area contributed by atoms with Crippen LogP contribution in [0.15, 0.2) is 78.9 Å². The van der Waals surface area contributed by atoms with Crippen molar-refractivity contribution in [2.45, 2.75) is 32.8 Å². The van der Waals surface area contributed by atoms with Gasteiger partial charge in [-0.05, 0) is 48.9 Å². The highest BCUT2D eigenvalue weighted by molar-refractivity contribution is 5.96. The van der Waals surface area contributed by atoms with Gasteiger partial charge in [-0.1, -0.05) is 50.2 Å². The fourth-order valence-electron chi connectivity index (χ4n) is 3.60. The number of amides is 2. The van der Waals surface area contributed by atoms with Crippen molar-refractivity contribution < 1.29 is 23.9 Å². The Morgan fingerprint density at radius 2 is 1.63 bits per heavy atom. The third-order valence-corrected chi connectivity index (χ3v) is 5.35. The van der Waals surface area contributed by atoms with Crippen LogP contribution in [-0.2, 0) is 14.3 Å². The second kappa shape index (κ2) is 12.4. The summed E-state index contributed by atoms with van der Waals surface area (Å²) in [4.78, 5) is 39.2. The minimum atomic E-state index is -0.956. The molecule has 0 aromatic heterocycles. The van der Waals surface area contributed by atoms with Crippen molar-refractivity contribution in [2.24, 2.45) is 0 Å². The van der Waals surface area contributed by atoms with Crippen LogP contribution >= 0.6 is 0 Å². The van der Waals surface area contributed by atoms with Crippen molar-refractivity contribution in [3.8, 4) is 5.75 Å². The summed E-state index contributed by atoms with van der Waals surface area (Å²) in [5.41, 5.74) is 2.35. The Bertz CT molecular complexity index is 1150. The van der Waals surface area contributed by atoms with Crippen molar-refractivity contribution in [1.82, 2.24) is 0 Å². The average Bonchev–Trinajstić information content (AvgIpc) is 2.90. The topological polar surface area (TPSA) is 84.9 Å². The van der Waals surface area contributed by atoms with E-state index in [4.69, 9.17) is 9.47 Å². The van der Waals surface area contributed by atoms with Gasteiger partial charge in [0.25, 0.3) is 5.91 Å². The minimum absolute atomic E-state index is 0.0513. The molecule has 3 rings (SSSR count). The number of carbonyl (C=O) groups excluding carboxylic acids is 3. The summed E-state index contributed by atoms with van der Waals surface area (Å²) >= 11 is 0. The molecule has 0 saturated heterocycles. The molecule has 3 aromatic carbocycles. The zero-order valence-electron chi connectivity index (χ0n) is 20.2. The molecule has 0 bridgehead atoms. The number of benzene rings is 3. The maximum absolute atomic E-state index is 13.3. The van der Waals surface area contributed by atoms with Crippen molar-refractivity contribution in [1.29, 1.82) is 0 Å². The molecule has 1 N–H and O–H groups in total. The van der Waals surface area contributed by atoms with Gasteiger partial charge >= 0.3 is 5.97 Å². The van der Waals surface area contributed by atoms with E-state index in [1.807, 2.05) is 44.2 Å². The Hall–Kier alpha value is -4.13. The van der Waals surface area contributed by atoms with Gasteiger partial charge in [-0.15, -0.1) is 0 Å². The summed E-state index contributed by atoms with van der Waals surface area (Å²) in [6.07, 6.45) is 0.311. The number of hydrogen-bond donors (Lipinski definition) is 1. The fraction of sp³-hybridized carbons (Fsp3) is 0.250. The first-order valence-corrected chi connectivity index (χ1v) is 11.6. The number of anilines is 2. The Morgan fingerprint density at radius 1 is 0.914 bits per heavy atom. The van der Waals surface area contributed by atoms with Crippen LogP contribution in [0.3, 0.4) is 0 Å². The lowest BCUT2D eigenvalue weighted by Gasteiger charge is -2.22. The van der Waals surface area contributed by atoms with E-state index in [2.05, 4.69) is 5.32 Å². The van der Waals surface area contributed by atoms with Gasteiger partial charge in [-0.2, -0.15) is 0 Å². The molecule has 0 radical (unpaired) electrons. The van der Waals surface area contributed by atoms with E-state index in [1.165, 1.54) is 13.2 Å². The molecule has 1 unspecified atom stereocenters. The molecule has 0 aliphatic carbocycles. The summed E-state index contributed by atoms with van der Waals surface area (Å²) in [6, 6.07) is 22.8. The molecule has 35 heavy (non-hydrogen) atoms. The largest absolute Gasteiger partial charge is 0.476 e. The first-order chi connectivity index (χ1) is 17.0. The highest BCUT2D eigenvalue weighted by atomic mass is 16.5. The van der Waals surface area contributed by atoms with E-state index in [0.717, 1.165) is 12.1 Å². The lowest BCUT2D eigenvalue weighted by atomic mass is 10.1. The molecule has 0 spiro atoms. The molecule has 3 aromatic rings. The van der Waals surface area contributed by atoms with E-state index >= 15 is 0 Å². The maximum Gasteiger partial charge on any atom is 0.337 e. The van der Waals surface area contributed by atoms with Crippen molar-refractivity contribution in [3.05, 3.63) is 90.0 Å². The predicted octanol–water partition coefficient (Wildman–Crippen LogP) is 5.39. The van der Waals surface area contributed by atoms with Crippen molar-refractivity contribution in [3.63, 3.8) is 0 Å². The number of ether oxygens (including phenoxy) is 2. The van der Waals surface area contributed by atoms with Gasteiger partial charge in [0.15, 0.2) is 0 Å². The Balaban J connectivity index is 1.81. The SMILES string of the molecule is CCCN(C(=O)CC)c1ccc(NC(=O)C(Oc2cccc(C(=O)OC)c2)c2ccccc2)cc1. The predicted molar refractivity (Wildman–Crippen MR) is 136 cm³/mol. The highest BCUT2D eigenvalue weighted by Gasteiger charge is 2.23. The van der Waals surface area contributed by atoms with E-state index in [1.54, 1.807) is 47.4 Å². The summed E-state index contributed by atoms with van der Waals surface area (Å²) in [5.74, 6) is -0.451. The molecular formula is C28H30N2O5. The van der Waals surface area contributed by atoms with Gasteiger partial charge in [-0.3, -0.25) is 9.59 Å². The molecule has 0 aliphatic rings. The third-order valence-electron chi connectivity index (χ3n) is 5.35. The van der Waals surface area contributed by atoms with E-state index < -0.39 is 12.1 Å². The molecule has 7 heteroatoms. The van der Waals surface area contributed by atoms with Crippen LogP contribution < -0.4 is 15.0 Å². The molecule has 0 aliphatic heterocycles. The number of esters is 1. The van der Waals surface area contributed by atoms with E-state index in [9.17, 15) is 14.4 Å². The maximum atomic E-state index is 13.3. The first kappa shape index (κ1) is 25.5. The van der Waals surface area contributed by atoms with Gasteiger partial charge in [-0.25, -0.2) is 4.79 Å². The van der Waals surface area contributed by atoms with Gasteiger partial charge in [0.1, 0.15) is 5.75 Å². The second-order valence-corrected chi connectivity index (χ2v) is 7.86. The average molecular weight is 475 g/mol. The first-order valence-electron chi connectivity index (χ1n) is 11.6. The van der Waals surface area contributed by atoms with Crippen molar-refractivity contribution in [2.75, 3.05) is 23.9 Å². The van der Waals surface area contributed by atoms with Crippen LogP contribution in [-0.4, -0.2) is 31.4 Å². The number of carbonyl (C=O) groups is 3. The summed E-state index contributed by atoms with van der Waals surface area (Å²) in [7, 11) is 1.31. The number of methoxy groups -OCH3 is 1. The summed E-state index contributed by atoms with van der Waals surface area (Å²) < 4.78 is 10.8. The van der Waals surface area contributed by atoms with Crippen LogP contribution in [0.1, 0.15) is 48.7 Å². The lowest BCUT2D eigenvalue weighted by Crippen LogP contribution is -2.30. The molecule has 0 heterocycles. The number of rotatable bonds is 10. The summed E-state index contributed by atoms with van der Waals surface area (Å²) in [5, 5.41) is 2.89.